The highest BCUT2D eigenvalue weighted by atomic mass is 35.5. The number of hydrogen-bond donors (Lipinski definition) is 1. The molecule has 5 aromatic rings. The van der Waals surface area contributed by atoms with Crippen molar-refractivity contribution in [2.75, 3.05) is 11.1 Å². The third-order valence-corrected chi connectivity index (χ3v) is 8.64. The van der Waals surface area contributed by atoms with E-state index >= 15 is 0 Å². The van der Waals surface area contributed by atoms with Crippen molar-refractivity contribution in [3.05, 3.63) is 105 Å². The van der Waals surface area contributed by atoms with Gasteiger partial charge in [0.15, 0.2) is 10.3 Å². The van der Waals surface area contributed by atoms with E-state index < -0.39 is 0 Å². The Labute approximate surface area is 230 Å². The smallest absolute Gasteiger partial charge is 0.263 e. The minimum absolute atomic E-state index is 0.0887. The van der Waals surface area contributed by atoms with Crippen LogP contribution in [0, 0.1) is 0 Å². The maximum absolute atomic E-state index is 13.5. The number of halogens is 1. The number of hydrogen-bond acceptors (Lipinski definition) is 7. The maximum atomic E-state index is 13.5. The quantitative estimate of drug-likeness (QED) is 0.122. The van der Waals surface area contributed by atoms with Crippen LogP contribution in [-0.2, 0) is 17.8 Å². The average molecular weight is 565 g/mol. The van der Waals surface area contributed by atoms with Gasteiger partial charge in [0.2, 0.25) is 5.91 Å². The van der Waals surface area contributed by atoms with Crippen LogP contribution in [-0.4, -0.2) is 26.2 Å². The second kappa shape index (κ2) is 11.4. The molecule has 5 rings (SSSR count). The normalized spacial score (nSPS) is 11.1. The van der Waals surface area contributed by atoms with Crippen molar-refractivity contribution in [3.63, 3.8) is 0 Å². The van der Waals surface area contributed by atoms with E-state index in [4.69, 9.17) is 16.6 Å². The Morgan fingerprint density at radius 3 is 2.73 bits per heavy atom. The highest BCUT2D eigenvalue weighted by Gasteiger charge is 2.18. The monoisotopic (exact) mass is 564 g/mol. The number of thiophene rings is 1. The summed E-state index contributed by atoms with van der Waals surface area (Å²) in [7, 11) is 0. The first-order valence-electron chi connectivity index (χ1n) is 11.3. The molecule has 37 heavy (non-hydrogen) atoms. The topological polar surface area (TPSA) is 76.9 Å². The Balaban J connectivity index is 1.31. The molecular formula is C27H21ClN4O2S3. The van der Waals surface area contributed by atoms with Crippen LogP contribution in [0.3, 0.4) is 0 Å². The molecule has 0 unspecified atom stereocenters. The van der Waals surface area contributed by atoms with Crippen molar-refractivity contribution in [2.24, 2.45) is 0 Å². The number of nitrogens with zero attached hydrogens (tertiary/aromatic N) is 3. The molecule has 6 nitrogen and oxygen atoms in total. The molecule has 0 radical (unpaired) electrons. The molecule has 0 atom stereocenters. The van der Waals surface area contributed by atoms with Crippen LogP contribution in [0.4, 0.5) is 5.13 Å². The molecule has 0 bridgehead atoms. The Bertz CT molecular complexity index is 1640. The number of thiazole rings is 1. The Morgan fingerprint density at radius 2 is 1.95 bits per heavy atom. The number of carbonyl (C=O) groups excluding carboxylic acids is 1. The fourth-order valence-electron chi connectivity index (χ4n) is 3.80. The van der Waals surface area contributed by atoms with Gasteiger partial charge in [0.05, 0.1) is 11.1 Å². The lowest BCUT2D eigenvalue weighted by atomic mass is 10.1. The van der Waals surface area contributed by atoms with E-state index in [2.05, 4.69) is 16.9 Å². The third-order valence-electron chi connectivity index (χ3n) is 5.51. The minimum Gasteiger partial charge on any atom is -0.301 e. The molecule has 0 saturated carbocycles. The summed E-state index contributed by atoms with van der Waals surface area (Å²) in [5.74, 6) is -0.134. The van der Waals surface area contributed by atoms with E-state index in [0.717, 1.165) is 21.6 Å². The zero-order valence-corrected chi connectivity index (χ0v) is 22.7. The molecular weight excluding hydrogens is 544 g/mol. The van der Waals surface area contributed by atoms with E-state index in [-0.39, 0.29) is 17.2 Å². The predicted molar refractivity (Wildman–Crippen MR) is 155 cm³/mol. The fourth-order valence-corrected chi connectivity index (χ4v) is 6.65. The van der Waals surface area contributed by atoms with Crippen molar-refractivity contribution in [1.29, 1.82) is 0 Å². The van der Waals surface area contributed by atoms with Crippen LogP contribution in [0.5, 0.6) is 0 Å². The van der Waals surface area contributed by atoms with Gasteiger partial charge in [0, 0.05) is 40.0 Å². The molecule has 0 aliphatic carbocycles. The lowest BCUT2D eigenvalue weighted by Gasteiger charge is -2.10. The van der Waals surface area contributed by atoms with Crippen LogP contribution in [0.2, 0.25) is 5.02 Å². The number of amides is 1. The van der Waals surface area contributed by atoms with E-state index in [9.17, 15) is 9.59 Å². The number of carbonyl (C=O) groups is 1. The van der Waals surface area contributed by atoms with Crippen LogP contribution < -0.4 is 10.9 Å². The molecule has 0 fully saturated rings. The Kier molecular flexibility index (Phi) is 7.85. The number of aromatic nitrogens is 3. The molecule has 1 amide bonds. The number of rotatable bonds is 9. The Hall–Kier alpha value is -3.24. The van der Waals surface area contributed by atoms with Crippen LogP contribution in [0.15, 0.2) is 88.8 Å². The van der Waals surface area contributed by atoms with Gasteiger partial charge in [-0.05, 0) is 17.2 Å². The highest BCUT2D eigenvalue weighted by Crippen LogP contribution is 2.32. The molecule has 2 aromatic carbocycles. The van der Waals surface area contributed by atoms with Crippen LogP contribution >= 0.6 is 46.0 Å². The second-order valence-corrected chi connectivity index (χ2v) is 11.4. The number of anilines is 1. The van der Waals surface area contributed by atoms with Crippen molar-refractivity contribution >= 4 is 67.3 Å². The first kappa shape index (κ1) is 25.4. The van der Waals surface area contributed by atoms with Crippen molar-refractivity contribution in [1.82, 2.24) is 14.5 Å². The van der Waals surface area contributed by atoms with Gasteiger partial charge in [0.1, 0.15) is 4.83 Å². The van der Waals surface area contributed by atoms with Gasteiger partial charge in [-0.1, -0.05) is 78.0 Å². The van der Waals surface area contributed by atoms with Gasteiger partial charge in [-0.3, -0.25) is 14.2 Å². The van der Waals surface area contributed by atoms with Gasteiger partial charge in [-0.25, -0.2) is 9.97 Å². The summed E-state index contributed by atoms with van der Waals surface area (Å²) in [4.78, 5) is 36.8. The first-order chi connectivity index (χ1) is 18.0. The lowest BCUT2D eigenvalue weighted by Crippen LogP contribution is -2.23. The van der Waals surface area contributed by atoms with Crippen LogP contribution in [0.1, 0.15) is 10.4 Å². The van der Waals surface area contributed by atoms with Crippen LogP contribution in [0.25, 0.3) is 21.3 Å². The van der Waals surface area contributed by atoms with Gasteiger partial charge >= 0.3 is 0 Å². The summed E-state index contributed by atoms with van der Waals surface area (Å²) in [6.07, 6.45) is 4.05. The molecule has 0 aliphatic heterocycles. The highest BCUT2D eigenvalue weighted by molar-refractivity contribution is 7.99. The molecule has 10 heteroatoms. The summed E-state index contributed by atoms with van der Waals surface area (Å²) in [6, 6.07) is 17.4. The summed E-state index contributed by atoms with van der Waals surface area (Å²) in [5, 5.41) is 7.08. The predicted octanol–water partition coefficient (Wildman–Crippen LogP) is 6.74. The van der Waals surface area contributed by atoms with Crippen molar-refractivity contribution in [2.45, 2.75) is 18.1 Å². The molecule has 1 N–H and O–H groups in total. The lowest BCUT2D eigenvalue weighted by molar-refractivity contribution is -0.113. The fraction of sp³-hybridized carbons (Fsp3) is 0.111. The van der Waals surface area contributed by atoms with E-state index in [1.807, 2.05) is 60.0 Å². The first-order valence-corrected chi connectivity index (χ1v) is 14.4. The number of benzene rings is 2. The summed E-state index contributed by atoms with van der Waals surface area (Å²) < 4.78 is 1.57. The van der Waals surface area contributed by atoms with Gasteiger partial charge in [-0.2, -0.15) is 0 Å². The van der Waals surface area contributed by atoms with E-state index in [1.165, 1.54) is 34.4 Å². The summed E-state index contributed by atoms with van der Waals surface area (Å²) >= 11 is 10.3. The zero-order valence-electron chi connectivity index (χ0n) is 19.5. The number of fused-ring (bicyclic) bond motifs is 1. The number of allylic oxidation sites excluding steroid dienone is 1. The third kappa shape index (κ3) is 5.70. The van der Waals surface area contributed by atoms with Gasteiger partial charge in [0.25, 0.3) is 5.56 Å². The van der Waals surface area contributed by atoms with Crippen molar-refractivity contribution < 1.29 is 4.79 Å². The van der Waals surface area contributed by atoms with Gasteiger partial charge < -0.3 is 5.32 Å². The summed E-state index contributed by atoms with van der Waals surface area (Å²) in [5.41, 5.74) is 2.69. The molecule has 186 valence electrons. The average Bonchev–Trinajstić information content (AvgIpc) is 3.53. The molecule has 0 spiro atoms. The maximum Gasteiger partial charge on any atom is 0.263 e. The molecule has 0 aliphatic rings. The minimum atomic E-state index is -0.223. The largest absolute Gasteiger partial charge is 0.301 e. The SMILES string of the molecule is C=CCn1c(SCC(=O)Nc2ncc(Cc3ccccc3Cl)s2)nc2scc(-c3ccccc3)c2c1=O. The molecule has 3 aromatic heterocycles. The zero-order chi connectivity index (χ0) is 25.8. The molecule has 3 heterocycles. The van der Waals surface area contributed by atoms with E-state index in [1.54, 1.807) is 16.8 Å². The second-order valence-electron chi connectivity index (χ2n) is 8.03. The molecule has 0 saturated heterocycles. The van der Waals surface area contributed by atoms with E-state index in [0.29, 0.717) is 38.5 Å². The standard InChI is InChI=1S/C27H21ClN4O2S3/c1-2-12-32-25(34)23-20(17-8-4-3-5-9-17)15-35-24(23)31-27(32)36-16-22(33)30-26-29-14-19(37-26)13-18-10-6-7-11-21(18)28/h2-11,14-15H,1,12-13,16H2,(H,29,30,33). The Morgan fingerprint density at radius 1 is 1.16 bits per heavy atom. The number of thioether (sulfide) groups is 1. The number of nitrogens with one attached hydrogen (secondary N) is 1. The van der Waals surface area contributed by atoms with Gasteiger partial charge in [-0.15, -0.1) is 29.3 Å². The van der Waals surface area contributed by atoms with Crippen molar-refractivity contribution in [3.8, 4) is 11.1 Å². The summed E-state index contributed by atoms with van der Waals surface area (Å²) in [6.45, 7) is 4.09.